The molecule has 3 nitrogen and oxygen atoms in total. The summed E-state index contributed by atoms with van der Waals surface area (Å²) in [5.74, 6) is 0.142. The molecule has 1 heterocycles. The summed E-state index contributed by atoms with van der Waals surface area (Å²) in [5, 5.41) is 0. The highest BCUT2D eigenvalue weighted by Gasteiger charge is 2.23. The molecule has 0 radical (unpaired) electrons. The summed E-state index contributed by atoms with van der Waals surface area (Å²) >= 11 is 0. The van der Waals surface area contributed by atoms with Crippen LogP contribution in [0.3, 0.4) is 0 Å². The Morgan fingerprint density at radius 1 is 1.39 bits per heavy atom. The molecule has 0 saturated carbocycles. The van der Waals surface area contributed by atoms with Gasteiger partial charge < -0.3 is 10.6 Å². The van der Waals surface area contributed by atoms with E-state index in [1.807, 2.05) is 11.0 Å². The van der Waals surface area contributed by atoms with Crippen LogP contribution in [0.2, 0.25) is 0 Å². The van der Waals surface area contributed by atoms with Gasteiger partial charge in [-0.15, -0.1) is 0 Å². The molecular formula is C15H22N2O. The number of fused-ring (bicyclic) bond motifs is 1. The highest BCUT2D eigenvalue weighted by Crippen LogP contribution is 2.21. The lowest BCUT2D eigenvalue weighted by molar-refractivity contribution is 0.0745. The molecule has 0 aromatic heterocycles. The lowest BCUT2D eigenvalue weighted by atomic mass is 9.95. The Balaban J connectivity index is 2.16. The van der Waals surface area contributed by atoms with Crippen molar-refractivity contribution in [3.8, 4) is 0 Å². The van der Waals surface area contributed by atoms with Crippen LogP contribution in [0.15, 0.2) is 18.2 Å². The van der Waals surface area contributed by atoms with Crippen molar-refractivity contribution in [3.05, 3.63) is 34.9 Å². The predicted octanol–water partition coefficient (Wildman–Crippen LogP) is 1.99. The average Bonchev–Trinajstić information content (AvgIpc) is 2.40. The van der Waals surface area contributed by atoms with Gasteiger partial charge in [0.2, 0.25) is 0 Å². The maximum atomic E-state index is 12.2. The Bertz CT molecular complexity index is 429. The third kappa shape index (κ3) is 2.72. The molecule has 0 atom stereocenters. The van der Waals surface area contributed by atoms with Crippen LogP contribution < -0.4 is 5.73 Å². The van der Waals surface area contributed by atoms with E-state index in [0.717, 1.165) is 24.9 Å². The zero-order valence-corrected chi connectivity index (χ0v) is 11.1. The van der Waals surface area contributed by atoms with Gasteiger partial charge >= 0.3 is 0 Å². The molecule has 2 N–H and O–H groups in total. The smallest absolute Gasteiger partial charge is 0.254 e. The quantitative estimate of drug-likeness (QED) is 0.863. The Morgan fingerprint density at radius 3 is 2.94 bits per heavy atom. The Hall–Kier alpha value is -1.35. The lowest BCUT2D eigenvalue weighted by Crippen LogP contribution is -2.40. The number of nitrogens with zero attached hydrogens (tertiary/aromatic N) is 1. The average molecular weight is 246 g/mol. The van der Waals surface area contributed by atoms with Crippen LogP contribution in [-0.4, -0.2) is 30.4 Å². The van der Waals surface area contributed by atoms with Crippen LogP contribution in [0.25, 0.3) is 0 Å². The first kappa shape index (κ1) is 13.1. The summed E-state index contributed by atoms with van der Waals surface area (Å²) < 4.78 is 0. The van der Waals surface area contributed by atoms with Crippen molar-refractivity contribution in [2.24, 2.45) is 5.73 Å². The molecule has 1 aromatic carbocycles. The molecular weight excluding hydrogens is 224 g/mol. The summed E-state index contributed by atoms with van der Waals surface area (Å²) in [7, 11) is 0. The van der Waals surface area contributed by atoms with E-state index in [1.165, 1.54) is 24.0 Å². The third-order valence-electron chi connectivity index (χ3n) is 3.56. The number of hydrogen-bond acceptors (Lipinski definition) is 2. The number of carbonyl (C=O) groups excluding carboxylic acids is 1. The van der Waals surface area contributed by atoms with Gasteiger partial charge in [0, 0.05) is 25.2 Å². The number of amides is 1. The van der Waals surface area contributed by atoms with E-state index in [0.29, 0.717) is 13.1 Å². The van der Waals surface area contributed by atoms with Gasteiger partial charge in [0.1, 0.15) is 0 Å². The normalized spacial score (nSPS) is 14.8. The molecule has 18 heavy (non-hydrogen) atoms. The molecule has 0 unspecified atom stereocenters. The van der Waals surface area contributed by atoms with Crippen LogP contribution in [-0.2, 0) is 12.8 Å². The minimum absolute atomic E-state index is 0.142. The fraction of sp³-hybridized carbons (Fsp3) is 0.533. The lowest BCUT2D eigenvalue weighted by Gasteiger charge is -2.28. The second-order valence-electron chi connectivity index (χ2n) is 4.93. The summed E-state index contributed by atoms with van der Waals surface area (Å²) in [6.07, 6.45) is 4.50. The molecule has 1 amide bonds. The number of carbonyl (C=O) groups is 1. The zero-order chi connectivity index (χ0) is 13.0. The summed E-state index contributed by atoms with van der Waals surface area (Å²) in [5.41, 5.74) is 8.96. The first-order valence-electron chi connectivity index (χ1n) is 6.87. The molecule has 3 heteroatoms. The second kappa shape index (κ2) is 6.01. The predicted molar refractivity (Wildman–Crippen MR) is 73.7 cm³/mol. The summed E-state index contributed by atoms with van der Waals surface area (Å²) in [4.78, 5) is 14.1. The maximum Gasteiger partial charge on any atom is 0.254 e. The monoisotopic (exact) mass is 246 g/mol. The molecule has 98 valence electrons. The van der Waals surface area contributed by atoms with Crippen molar-refractivity contribution >= 4 is 5.91 Å². The van der Waals surface area contributed by atoms with Crippen LogP contribution in [0, 0.1) is 0 Å². The number of aryl methyl sites for hydroxylation is 1. The van der Waals surface area contributed by atoms with E-state index < -0.39 is 0 Å². The molecule has 0 spiro atoms. The zero-order valence-electron chi connectivity index (χ0n) is 11.1. The number of hydrogen-bond donors (Lipinski definition) is 1. The van der Waals surface area contributed by atoms with Gasteiger partial charge in [0.15, 0.2) is 0 Å². The fourth-order valence-electron chi connectivity index (χ4n) is 2.50. The van der Waals surface area contributed by atoms with E-state index in [4.69, 9.17) is 5.73 Å². The highest BCUT2D eigenvalue weighted by atomic mass is 16.2. The van der Waals surface area contributed by atoms with E-state index in [9.17, 15) is 4.79 Å². The Labute approximate surface area is 109 Å². The van der Waals surface area contributed by atoms with Crippen molar-refractivity contribution in [2.45, 2.75) is 32.6 Å². The van der Waals surface area contributed by atoms with Crippen LogP contribution in [0.5, 0.6) is 0 Å². The minimum atomic E-state index is 0.142. The van der Waals surface area contributed by atoms with Gasteiger partial charge in [-0.2, -0.15) is 0 Å². The largest absolute Gasteiger partial charge is 0.337 e. The first-order valence-corrected chi connectivity index (χ1v) is 6.87. The van der Waals surface area contributed by atoms with Crippen molar-refractivity contribution < 1.29 is 4.79 Å². The summed E-state index contributed by atoms with van der Waals surface area (Å²) in [6, 6.07) is 6.30. The van der Waals surface area contributed by atoms with Gasteiger partial charge in [-0.25, -0.2) is 0 Å². The fourth-order valence-corrected chi connectivity index (χ4v) is 2.50. The summed E-state index contributed by atoms with van der Waals surface area (Å²) in [6.45, 7) is 4.21. The molecule has 0 aliphatic carbocycles. The topological polar surface area (TPSA) is 46.3 Å². The van der Waals surface area contributed by atoms with Crippen LogP contribution in [0.4, 0.5) is 0 Å². The third-order valence-corrected chi connectivity index (χ3v) is 3.56. The Morgan fingerprint density at radius 2 is 2.22 bits per heavy atom. The number of benzene rings is 1. The highest BCUT2D eigenvalue weighted by molar-refractivity contribution is 5.96. The van der Waals surface area contributed by atoms with Gasteiger partial charge in [0.05, 0.1) is 0 Å². The second-order valence-corrected chi connectivity index (χ2v) is 4.93. The number of rotatable bonds is 5. The standard InChI is InChI=1S/C15H22N2O/c1-2-3-4-12-5-6-14-13(11-12)7-9-17(10-8-16)15(14)18/h5-6,11H,2-4,7-10,16H2,1H3. The van der Waals surface area contributed by atoms with Gasteiger partial charge in [0.25, 0.3) is 5.91 Å². The van der Waals surface area contributed by atoms with Crippen molar-refractivity contribution in [2.75, 3.05) is 19.6 Å². The van der Waals surface area contributed by atoms with Gasteiger partial charge in [-0.05, 0) is 36.5 Å². The van der Waals surface area contributed by atoms with Crippen LogP contribution >= 0.6 is 0 Å². The number of nitrogens with two attached hydrogens (primary N) is 1. The van der Waals surface area contributed by atoms with Crippen LogP contribution in [0.1, 0.15) is 41.3 Å². The van der Waals surface area contributed by atoms with Crippen molar-refractivity contribution in [1.82, 2.24) is 4.90 Å². The first-order chi connectivity index (χ1) is 8.76. The SMILES string of the molecule is CCCCc1ccc2c(c1)CCN(CCN)C2=O. The molecule has 1 aliphatic heterocycles. The van der Waals surface area contributed by atoms with Crippen molar-refractivity contribution in [1.29, 1.82) is 0 Å². The molecule has 1 aliphatic rings. The van der Waals surface area contributed by atoms with E-state index in [-0.39, 0.29) is 5.91 Å². The van der Waals surface area contributed by atoms with Crippen molar-refractivity contribution in [3.63, 3.8) is 0 Å². The minimum Gasteiger partial charge on any atom is -0.337 e. The maximum absolute atomic E-state index is 12.2. The molecule has 1 aromatic rings. The molecule has 2 rings (SSSR count). The molecule has 0 bridgehead atoms. The van der Waals surface area contributed by atoms with E-state index in [1.54, 1.807) is 0 Å². The van der Waals surface area contributed by atoms with Gasteiger partial charge in [-0.3, -0.25) is 4.79 Å². The Kier molecular flexibility index (Phi) is 4.37. The van der Waals surface area contributed by atoms with E-state index in [2.05, 4.69) is 19.1 Å². The van der Waals surface area contributed by atoms with Gasteiger partial charge in [-0.1, -0.05) is 25.5 Å². The number of unbranched alkanes of at least 4 members (excludes halogenated alkanes) is 1. The molecule has 0 saturated heterocycles. The molecule has 0 fully saturated rings. The van der Waals surface area contributed by atoms with E-state index >= 15 is 0 Å².